The molecular formula is C28H35F4N5O2. The molecule has 212 valence electrons. The molecule has 2 aromatic carbocycles. The predicted molar refractivity (Wildman–Crippen MR) is 145 cm³/mol. The fourth-order valence-corrected chi connectivity index (χ4v) is 4.73. The van der Waals surface area contributed by atoms with Crippen LogP contribution in [0.15, 0.2) is 30.3 Å². The molecule has 0 spiro atoms. The first-order valence-electron chi connectivity index (χ1n) is 12.8. The summed E-state index contributed by atoms with van der Waals surface area (Å²) in [5.41, 5.74) is 8.93. The number of aryl methyl sites for hydroxylation is 1. The van der Waals surface area contributed by atoms with Gasteiger partial charge in [0.25, 0.3) is 0 Å². The minimum Gasteiger partial charge on any atom is -0.492 e. The van der Waals surface area contributed by atoms with Crippen LogP contribution in [-0.2, 0) is 4.79 Å². The zero-order valence-electron chi connectivity index (χ0n) is 22.9. The van der Waals surface area contributed by atoms with Gasteiger partial charge in [-0.3, -0.25) is 9.69 Å². The first-order chi connectivity index (χ1) is 18.3. The highest BCUT2D eigenvalue weighted by Gasteiger charge is 2.32. The van der Waals surface area contributed by atoms with Crippen molar-refractivity contribution in [3.63, 3.8) is 0 Å². The number of nitrogens with two attached hydrogens (primary N) is 1. The van der Waals surface area contributed by atoms with E-state index in [4.69, 9.17) is 9.72 Å². The highest BCUT2D eigenvalue weighted by molar-refractivity contribution is 5.97. The van der Waals surface area contributed by atoms with Crippen LogP contribution in [-0.4, -0.2) is 66.3 Å². The van der Waals surface area contributed by atoms with E-state index >= 15 is 0 Å². The van der Waals surface area contributed by atoms with Gasteiger partial charge in [0.15, 0.2) is 0 Å². The van der Waals surface area contributed by atoms with Crippen molar-refractivity contribution in [2.24, 2.45) is 5.73 Å². The number of hydrogen-bond donors (Lipinski definition) is 1. The number of alkyl halides is 4. The Balaban J connectivity index is 0.000000983. The van der Waals surface area contributed by atoms with Crippen LogP contribution >= 0.6 is 0 Å². The summed E-state index contributed by atoms with van der Waals surface area (Å²) in [7, 11) is 0. The standard InChI is InChI=1S/C26H30F4N4O.C2H5NO/c1-5-35-24-14-22-21(13-23(24)34-11-9-33(10-12-34)15-26(28,29)30)25(32-18(4)31-22)20-8-6-7-19(16(20)2)17(3)27;1-2(3)4/h6-8,13-14,17H,5,9-12,15H2,1-4H3;1H3,(H2,3,4). The van der Waals surface area contributed by atoms with E-state index in [1.807, 2.05) is 49.9 Å². The Morgan fingerprint density at radius 3 is 2.33 bits per heavy atom. The molecule has 1 aromatic heterocycles. The number of fused-ring (bicyclic) bond motifs is 1. The van der Waals surface area contributed by atoms with Crippen molar-refractivity contribution in [2.75, 3.05) is 44.2 Å². The number of rotatable bonds is 6. The van der Waals surface area contributed by atoms with E-state index in [1.54, 1.807) is 6.07 Å². The molecule has 0 saturated carbocycles. The van der Waals surface area contributed by atoms with Gasteiger partial charge in [-0.1, -0.05) is 18.2 Å². The van der Waals surface area contributed by atoms with Crippen molar-refractivity contribution in [2.45, 2.75) is 47.0 Å². The van der Waals surface area contributed by atoms with Gasteiger partial charge in [0.05, 0.1) is 30.0 Å². The van der Waals surface area contributed by atoms with Crippen LogP contribution in [0, 0.1) is 13.8 Å². The highest BCUT2D eigenvalue weighted by atomic mass is 19.4. The van der Waals surface area contributed by atoms with Crippen molar-refractivity contribution in [1.29, 1.82) is 0 Å². The van der Waals surface area contributed by atoms with Gasteiger partial charge < -0.3 is 15.4 Å². The van der Waals surface area contributed by atoms with Crippen LogP contribution < -0.4 is 15.4 Å². The summed E-state index contributed by atoms with van der Waals surface area (Å²) in [5, 5.41) is 0.790. The maximum absolute atomic E-state index is 14.2. The van der Waals surface area contributed by atoms with E-state index < -0.39 is 18.9 Å². The number of nitrogens with zero attached hydrogens (tertiary/aromatic N) is 4. The second-order valence-corrected chi connectivity index (χ2v) is 9.51. The molecule has 4 rings (SSSR count). The lowest BCUT2D eigenvalue weighted by atomic mass is 9.95. The molecule has 1 saturated heterocycles. The molecule has 2 N–H and O–H groups in total. The highest BCUT2D eigenvalue weighted by Crippen LogP contribution is 2.39. The van der Waals surface area contributed by atoms with Crippen molar-refractivity contribution in [3.8, 4) is 17.0 Å². The quantitative estimate of drug-likeness (QED) is 0.408. The summed E-state index contributed by atoms with van der Waals surface area (Å²) in [6.07, 6.45) is -5.33. The summed E-state index contributed by atoms with van der Waals surface area (Å²) < 4.78 is 58.7. The molecule has 0 radical (unpaired) electrons. The number of carbonyl (C=O) groups is 1. The molecule has 0 bridgehead atoms. The summed E-state index contributed by atoms with van der Waals surface area (Å²) >= 11 is 0. The molecule has 1 unspecified atom stereocenters. The van der Waals surface area contributed by atoms with Gasteiger partial charge in [0.1, 0.15) is 17.7 Å². The normalized spacial score (nSPS) is 15.1. The molecule has 1 amide bonds. The summed E-state index contributed by atoms with van der Waals surface area (Å²) in [6.45, 7) is 9.43. The Morgan fingerprint density at radius 2 is 1.77 bits per heavy atom. The topological polar surface area (TPSA) is 84.6 Å². The number of halogens is 4. The summed E-state index contributed by atoms with van der Waals surface area (Å²) in [4.78, 5) is 22.0. The van der Waals surface area contributed by atoms with E-state index in [1.165, 1.54) is 18.7 Å². The number of primary amides is 1. The number of anilines is 1. The third-order valence-corrected chi connectivity index (χ3v) is 6.36. The van der Waals surface area contributed by atoms with Crippen molar-refractivity contribution in [3.05, 3.63) is 47.3 Å². The number of hydrogen-bond acceptors (Lipinski definition) is 6. The van der Waals surface area contributed by atoms with Gasteiger partial charge in [-0.05, 0) is 44.9 Å². The third-order valence-electron chi connectivity index (χ3n) is 6.36. The number of aromatic nitrogens is 2. The number of carbonyl (C=O) groups excluding carboxylic acids is 1. The average molecular weight is 550 g/mol. The fraction of sp³-hybridized carbons (Fsp3) is 0.464. The lowest BCUT2D eigenvalue weighted by Gasteiger charge is -2.37. The third kappa shape index (κ3) is 7.78. The molecule has 2 heterocycles. The molecule has 1 aliphatic rings. The van der Waals surface area contributed by atoms with Gasteiger partial charge in [0.2, 0.25) is 5.91 Å². The molecule has 3 aromatic rings. The second-order valence-electron chi connectivity index (χ2n) is 9.51. The van der Waals surface area contributed by atoms with Gasteiger partial charge in [-0.2, -0.15) is 13.2 Å². The number of amides is 1. The Kier molecular flexibility index (Phi) is 9.71. The van der Waals surface area contributed by atoms with Gasteiger partial charge in [-0.15, -0.1) is 0 Å². The minimum absolute atomic E-state index is 0.301. The summed E-state index contributed by atoms with van der Waals surface area (Å²) in [5.74, 6) is 0.887. The SMILES string of the molecule is CC(N)=O.CCOc1cc2nc(C)nc(-c3cccc(C(C)F)c3C)c2cc1N1CCN(CC(F)(F)F)CC1. The van der Waals surface area contributed by atoms with Crippen LogP contribution in [0.25, 0.3) is 22.2 Å². The largest absolute Gasteiger partial charge is 0.492 e. The Bertz CT molecular complexity index is 1300. The lowest BCUT2D eigenvalue weighted by Crippen LogP contribution is -2.49. The molecule has 1 atom stereocenters. The minimum atomic E-state index is -4.21. The second kappa shape index (κ2) is 12.6. The predicted octanol–water partition coefficient (Wildman–Crippen LogP) is 5.52. The maximum Gasteiger partial charge on any atom is 0.401 e. The summed E-state index contributed by atoms with van der Waals surface area (Å²) in [6, 6.07) is 9.35. The first kappa shape index (κ1) is 30.1. The molecule has 1 aliphatic heterocycles. The van der Waals surface area contributed by atoms with Crippen LogP contribution in [0.5, 0.6) is 5.75 Å². The molecule has 11 heteroatoms. The van der Waals surface area contributed by atoms with Gasteiger partial charge >= 0.3 is 6.18 Å². The zero-order valence-corrected chi connectivity index (χ0v) is 22.9. The van der Waals surface area contributed by atoms with E-state index in [0.717, 1.165) is 22.2 Å². The first-order valence-corrected chi connectivity index (χ1v) is 12.8. The number of benzene rings is 2. The fourth-order valence-electron chi connectivity index (χ4n) is 4.73. The zero-order chi connectivity index (χ0) is 28.9. The Labute approximate surface area is 226 Å². The molecule has 0 aliphatic carbocycles. The Hall–Kier alpha value is -3.47. The van der Waals surface area contributed by atoms with E-state index in [2.05, 4.69) is 10.7 Å². The van der Waals surface area contributed by atoms with Crippen molar-refractivity contribution >= 4 is 22.5 Å². The van der Waals surface area contributed by atoms with Gasteiger partial charge in [-0.25, -0.2) is 14.4 Å². The van der Waals surface area contributed by atoms with Crippen LogP contribution in [0.4, 0.5) is 23.2 Å². The number of ether oxygens (including phenoxy) is 1. The molecule has 7 nitrogen and oxygen atoms in total. The van der Waals surface area contributed by atoms with Crippen LogP contribution in [0.1, 0.15) is 43.9 Å². The monoisotopic (exact) mass is 549 g/mol. The van der Waals surface area contributed by atoms with E-state index in [-0.39, 0.29) is 5.91 Å². The molecular weight excluding hydrogens is 514 g/mol. The van der Waals surface area contributed by atoms with Crippen molar-refractivity contribution < 1.29 is 27.1 Å². The molecule has 1 fully saturated rings. The van der Waals surface area contributed by atoms with E-state index in [9.17, 15) is 22.4 Å². The van der Waals surface area contributed by atoms with E-state index in [0.29, 0.717) is 61.1 Å². The van der Waals surface area contributed by atoms with Crippen molar-refractivity contribution in [1.82, 2.24) is 14.9 Å². The Morgan fingerprint density at radius 1 is 1.13 bits per heavy atom. The average Bonchev–Trinajstić information content (AvgIpc) is 2.82. The molecule has 39 heavy (non-hydrogen) atoms. The lowest BCUT2D eigenvalue weighted by molar-refractivity contribution is -0.146. The van der Waals surface area contributed by atoms with Crippen LogP contribution in [0.2, 0.25) is 0 Å². The van der Waals surface area contributed by atoms with Gasteiger partial charge in [0, 0.05) is 50.1 Å². The number of piperazine rings is 1. The van der Waals surface area contributed by atoms with Crippen LogP contribution in [0.3, 0.4) is 0 Å². The maximum atomic E-state index is 14.2. The smallest absolute Gasteiger partial charge is 0.401 e.